The molecule has 3 N–H and O–H groups in total. The summed E-state index contributed by atoms with van der Waals surface area (Å²) in [5.74, 6) is 0. The van der Waals surface area contributed by atoms with E-state index < -0.39 is 0 Å². The summed E-state index contributed by atoms with van der Waals surface area (Å²) >= 11 is 0. The van der Waals surface area contributed by atoms with Crippen LogP contribution in [-0.2, 0) is 4.79 Å². The molecule has 76 valence electrons. The fourth-order valence-electron chi connectivity index (χ4n) is 0.806. The SMILES string of the molecule is CCC(NC=O)NC(=O)NC(C)C. The van der Waals surface area contributed by atoms with Gasteiger partial charge in [0.15, 0.2) is 0 Å². The van der Waals surface area contributed by atoms with Crippen molar-refractivity contribution in [2.75, 3.05) is 0 Å². The first-order valence-corrected chi connectivity index (χ1v) is 4.36. The van der Waals surface area contributed by atoms with Gasteiger partial charge in [0, 0.05) is 6.04 Å². The maximum Gasteiger partial charge on any atom is 0.316 e. The van der Waals surface area contributed by atoms with Crippen molar-refractivity contribution in [2.45, 2.75) is 39.4 Å². The molecule has 5 heteroatoms. The zero-order chi connectivity index (χ0) is 10.3. The molecule has 0 heterocycles. The second-order valence-corrected chi connectivity index (χ2v) is 3.02. The fraction of sp³-hybridized carbons (Fsp3) is 0.750. The highest BCUT2D eigenvalue weighted by Crippen LogP contribution is 1.84. The number of carbonyl (C=O) groups excluding carboxylic acids is 2. The topological polar surface area (TPSA) is 70.2 Å². The summed E-state index contributed by atoms with van der Waals surface area (Å²) in [7, 11) is 0. The lowest BCUT2D eigenvalue weighted by Gasteiger charge is -2.17. The van der Waals surface area contributed by atoms with Gasteiger partial charge in [-0.1, -0.05) is 6.92 Å². The first-order chi connectivity index (χ1) is 6.10. The molecule has 0 aromatic carbocycles. The summed E-state index contributed by atoms with van der Waals surface area (Å²) < 4.78 is 0. The zero-order valence-corrected chi connectivity index (χ0v) is 8.26. The molecule has 3 amide bonds. The third-order valence-corrected chi connectivity index (χ3v) is 1.40. The van der Waals surface area contributed by atoms with E-state index in [-0.39, 0.29) is 18.2 Å². The molecule has 0 radical (unpaired) electrons. The number of rotatable bonds is 5. The van der Waals surface area contributed by atoms with Gasteiger partial charge in [-0.15, -0.1) is 0 Å². The molecule has 0 spiro atoms. The Bertz CT molecular complexity index is 171. The Morgan fingerprint density at radius 1 is 1.38 bits per heavy atom. The van der Waals surface area contributed by atoms with E-state index in [1.54, 1.807) is 0 Å². The van der Waals surface area contributed by atoms with Crippen molar-refractivity contribution >= 4 is 12.4 Å². The number of amides is 3. The number of hydrogen-bond acceptors (Lipinski definition) is 2. The molecular formula is C8H17N3O2. The van der Waals surface area contributed by atoms with Crippen molar-refractivity contribution < 1.29 is 9.59 Å². The molecule has 0 aromatic heterocycles. The van der Waals surface area contributed by atoms with E-state index in [1.165, 1.54) is 0 Å². The Hall–Kier alpha value is -1.26. The Morgan fingerprint density at radius 2 is 2.00 bits per heavy atom. The molecule has 0 bridgehead atoms. The molecule has 1 atom stereocenters. The van der Waals surface area contributed by atoms with Gasteiger partial charge in [-0.05, 0) is 20.3 Å². The Morgan fingerprint density at radius 3 is 2.38 bits per heavy atom. The van der Waals surface area contributed by atoms with Crippen LogP contribution in [0, 0.1) is 0 Å². The molecule has 0 rings (SSSR count). The first kappa shape index (κ1) is 11.7. The second kappa shape index (κ2) is 6.28. The summed E-state index contributed by atoms with van der Waals surface area (Å²) in [6.07, 6.45) is 0.935. The third kappa shape index (κ3) is 5.95. The largest absolute Gasteiger partial charge is 0.339 e. The summed E-state index contributed by atoms with van der Waals surface area (Å²) in [6, 6.07) is -0.176. The van der Waals surface area contributed by atoms with Gasteiger partial charge in [0.2, 0.25) is 6.41 Å². The van der Waals surface area contributed by atoms with Gasteiger partial charge < -0.3 is 16.0 Å². The number of urea groups is 1. The van der Waals surface area contributed by atoms with E-state index in [4.69, 9.17) is 0 Å². The van der Waals surface area contributed by atoms with Gasteiger partial charge in [-0.2, -0.15) is 0 Å². The van der Waals surface area contributed by atoms with Crippen LogP contribution in [-0.4, -0.2) is 24.6 Å². The highest BCUT2D eigenvalue weighted by atomic mass is 16.2. The normalized spacial score (nSPS) is 12.0. The van der Waals surface area contributed by atoms with Crippen LogP contribution in [0.3, 0.4) is 0 Å². The predicted octanol–water partition coefficient (Wildman–Crippen LogP) is 0.176. The van der Waals surface area contributed by atoms with Gasteiger partial charge >= 0.3 is 6.03 Å². The van der Waals surface area contributed by atoms with Crippen LogP contribution in [0.15, 0.2) is 0 Å². The van der Waals surface area contributed by atoms with Gasteiger partial charge in [0.05, 0.1) is 0 Å². The van der Waals surface area contributed by atoms with Crippen LogP contribution in [0.4, 0.5) is 4.79 Å². The van der Waals surface area contributed by atoms with Gasteiger partial charge in [0.1, 0.15) is 6.17 Å². The average molecular weight is 187 g/mol. The standard InChI is InChI=1S/C8H17N3O2/c1-4-7(9-5-12)11-8(13)10-6(2)3/h5-7H,4H2,1-3H3,(H,9,12)(H2,10,11,13). The molecular weight excluding hydrogens is 170 g/mol. The van der Waals surface area contributed by atoms with Crippen LogP contribution in [0.5, 0.6) is 0 Å². The molecule has 0 saturated carbocycles. The third-order valence-electron chi connectivity index (χ3n) is 1.40. The summed E-state index contributed by atoms with van der Waals surface area (Å²) in [4.78, 5) is 21.2. The van der Waals surface area contributed by atoms with Crippen LogP contribution in [0.2, 0.25) is 0 Å². The molecule has 0 saturated heterocycles. The summed E-state index contributed by atoms with van der Waals surface area (Å²) in [5, 5.41) is 7.75. The molecule has 5 nitrogen and oxygen atoms in total. The molecule has 0 fully saturated rings. The van der Waals surface area contributed by atoms with Crippen molar-refractivity contribution in [3.63, 3.8) is 0 Å². The predicted molar refractivity (Wildman–Crippen MR) is 50.1 cm³/mol. The minimum Gasteiger partial charge on any atom is -0.339 e. The van der Waals surface area contributed by atoms with Crippen LogP contribution in [0.1, 0.15) is 27.2 Å². The van der Waals surface area contributed by atoms with E-state index in [2.05, 4.69) is 16.0 Å². The maximum atomic E-state index is 11.1. The van der Waals surface area contributed by atoms with Crippen LogP contribution < -0.4 is 16.0 Å². The van der Waals surface area contributed by atoms with Crippen molar-refractivity contribution in [3.8, 4) is 0 Å². The van der Waals surface area contributed by atoms with Gasteiger partial charge in [-0.25, -0.2) is 4.79 Å². The lowest BCUT2D eigenvalue weighted by Crippen LogP contribution is -2.50. The molecule has 1 unspecified atom stereocenters. The molecule has 0 aliphatic heterocycles. The summed E-state index contributed by atoms with van der Waals surface area (Å²) in [6.45, 7) is 5.61. The molecule has 0 aliphatic rings. The maximum absolute atomic E-state index is 11.1. The smallest absolute Gasteiger partial charge is 0.316 e. The van der Waals surface area contributed by atoms with Crippen molar-refractivity contribution in [1.82, 2.24) is 16.0 Å². The van der Waals surface area contributed by atoms with E-state index in [1.807, 2.05) is 20.8 Å². The first-order valence-electron chi connectivity index (χ1n) is 4.36. The van der Waals surface area contributed by atoms with E-state index in [0.717, 1.165) is 0 Å². The van der Waals surface area contributed by atoms with E-state index >= 15 is 0 Å². The monoisotopic (exact) mass is 187 g/mol. The van der Waals surface area contributed by atoms with Crippen LogP contribution in [0.25, 0.3) is 0 Å². The molecule has 0 aliphatic carbocycles. The highest BCUT2D eigenvalue weighted by molar-refractivity contribution is 5.74. The highest BCUT2D eigenvalue weighted by Gasteiger charge is 2.08. The Labute approximate surface area is 78.3 Å². The lowest BCUT2D eigenvalue weighted by molar-refractivity contribution is -0.110. The zero-order valence-electron chi connectivity index (χ0n) is 8.26. The van der Waals surface area contributed by atoms with Crippen molar-refractivity contribution in [3.05, 3.63) is 0 Å². The van der Waals surface area contributed by atoms with E-state index in [0.29, 0.717) is 12.8 Å². The Kier molecular flexibility index (Phi) is 5.67. The molecule has 0 aromatic rings. The van der Waals surface area contributed by atoms with Crippen molar-refractivity contribution in [2.24, 2.45) is 0 Å². The quantitative estimate of drug-likeness (QED) is 0.424. The number of hydrogen-bond donors (Lipinski definition) is 3. The van der Waals surface area contributed by atoms with Crippen LogP contribution >= 0.6 is 0 Å². The van der Waals surface area contributed by atoms with Gasteiger partial charge in [0.25, 0.3) is 0 Å². The fourth-order valence-corrected chi connectivity index (χ4v) is 0.806. The van der Waals surface area contributed by atoms with Crippen molar-refractivity contribution in [1.29, 1.82) is 0 Å². The number of carbonyl (C=O) groups is 2. The summed E-state index contributed by atoms with van der Waals surface area (Å²) in [5.41, 5.74) is 0. The number of nitrogens with one attached hydrogen (secondary N) is 3. The molecule has 13 heavy (non-hydrogen) atoms. The lowest BCUT2D eigenvalue weighted by atomic mass is 10.3. The Balaban J connectivity index is 3.79. The minimum absolute atomic E-state index is 0.0914. The van der Waals surface area contributed by atoms with E-state index in [9.17, 15) is 9.59 Å². The van der Waals surface area contributed by atoms with Gasteiger partial charge in [-0.3, -0.25) is 4.79 Å². The second-order valence-electron chi connectivity index (χ2n) is 3.02. The average Bonchev–Trinajstić information content (AvgIpc) is 2.02. The minimum atomic E-state index is -0.295.